The van der Waals surface area contributed by atoms with Crippen molar-refractivity contribution >= 4 is 39.1 Å². The molecule has 0 spiro atoms. The summed E-state index contributed by atoms with van der Waals surface area (Å²) in [4.78, 5) is 32.2. The third-order valence-corrected chi connectivity index (χ3v) is 4.02. The molecular formula is C17H15BrN6O2. The second kappa shape index (κ2) is 7.87. The van der Waals surface area contributed by atoms with Gasteiger partial charge in [0, 0.05) is 28.2 Å². The van der Waals surface area contributed by atoms with Crippen LogP contribution in [0.1, 0.15) is 23.3 Å². The average Bonchev–Trinajstić information content (AvgIpc) is 3.17. The fraction of sp³-hybridized carbons (Fsp3) is 0.118. The van der Waals surface area contributed by atoms with Crippen molar-refractivity contribution in [3.63, 3.8) is 0 Å². The predicted octanol–water partition coefficient (Wildman–Crippen LogP) is 2.89. The summed E-state index contributed by atoms with van der Waals surface area (Å²) in [6, 6.07) is 8.03. The second-order valence-electron chi connectivity index (χ2n) is 5.46. The Morgan fingerprint density at radius 3 is 2.38 bits per heavy atom. The lowest BCUT2D eigenvalue weighted by Gasteiger charge is -2.12. The number of aromatic nitrogens is 4. The van der Waals surface area contributed by atoms with E-state index in [4.69, 9.17) is 0 Å². The van der Waals surface area contributed by atoms with Crippen molar-refractivity contribution in [3.05, 3.63) is 65.4 Å². The van der Waals surface area contributed by atoms with E-state index in [1.807, 2.05) is 0 Å². The van der Waals surface area contributed by atoms with Crippen LogP contribution in [0.25, 0.3) is 0 Å². The third kappa shape index (κ3) is 4.31. The van der Waals surface area contributed by atoms with E-state index in [1.165, 1.54) is 23.5 Å². The fourth-order valence-electron chi connectivity index (χ4n) is 2.16. The molecule has 2 aromatic heterocycles. The lowest BCUT2D eigenvalue weighted by molar-refractivity contribution is -0.119. The van der Waals surface area contributed by atoms with E-state index in [-0.39, 0.29) is 11.8 Å². The molecule has 3 rings (SSSR count). The molecule has 1 aromatic carbocycles. The molecule has 2 amide bonds. The first kappa shape index (κ1) is 17.7. The molecule has 2 heterocycles. The number of hydrogen-bond donors (Lipinski definition) is 2. The van der Waals surface area contributed by atoms with Gasteiger partial charge < -0.3 is 10.6 Å². The normalized spacial score (nSPS) is 11.6. The van der Waals surface area contributed by atoms with Crippen molar-refractivity contribution in [3.8, 4) is 0 Å². The molecule has 9 heteroatoms. The van der Waals surface area contributed by atoms with Gasteiger partial charge in [0.2, 0.25) is 5.91 Å². The molecule has 0 bridgehead atoms. The van der Waals surface area contributed by atoms with E-state index < -0.39 is 6.04 Å². The van der Waals surface area contributed by atoms with Gasteiger partial charge in [0.15, 0.2) is 0 Å². The molecule has 1 unspecified atom stereocenters. The second-order valence-corrected chi connectivity index (χ2v) is 6.38. The number of carbonyl (C=O) groups excluding carboxylic acids is 2. The Labute approximate surface area is 157 Å². The van der Waals surface area contributed by atoms with Crippen LogP contribution in [0, 0.1) is 0 Å². The molecule has 0 aliphatic heterocycles. The Balaban J connectivity index is 1.61. The lowest BCUT2D eigenvalue weighted by Crippen LogP contribution is -2.24. The minimum absolute atomic E-state index is 0.215. The summed E-state index contributed by atoms with van der Waals surface area (Å²) in [7, 11) is 0. The highest BCUT2D eigenvalue weighted by molar-refractivity contribution is 9.10. The Morgan fingerprint density at radius 2 is 1.77 bits per heavy atom. The molecule has 8 nitrogen and oxygen atoms in total. The molecule has 1 atom stereocenters. The van der Waals surface area contributed by atoms with Gasteiger partial charge >= 0.3 is 0 Å². The van der Waals surface area contributed by atoms with Crippen LogP contribution in [-0.2, 0) is 4.79 Å². The molecule has 3 aromatic rings. The van der Waals surface area contributed by atoms with E-state index in [0.717, 1.165) is 4.47 Å². The zero-order valence-corrected chi connectivity index (χ0v) is 15.3. The molecule has 0 aliphatic rings. The summed E-state index contributed by atoms with van der Waals surface area (Å²) in [6.07, 6.45) is 5.95. The van der Waals surface area contributed by atoms with Crippen molar-refractivity contribution in [1.29, 1.82) is 0 Å². The number of nitrogens with zero attached hydrogens (tertiary/aromatic N) is 4. The van der Waals surface area contributed by atoms with Crippen molar-refractivity contribution in [2.75, 3.05) is 10.6 Å². The van der Waals surface area contributed by atoms with Crippen LogP contribution < -0.4 is 10.6 Å². The smallest absolute Gasteiger partial charge is 0.257 e. The van der Waals surface area contributed by atoms with E-state index >= 15 is 0 Å². The molecule has 0 fully saturated rings. The van der Waals surface area contributed by atoms with Gasteiger partial charge in [0.05, 0.1) is 5.56 Å². The van der Waals surface area contributed by atoms with E-state index in [0.29, 0.717) is 16.9 Å². The largest absolute Gasteiger partial charge is 0.324 e. The van der Waals surface area contributed by atoms with Gasteiger partial charge in [0.25, 0.3) is 5.91 Å². The quantitative estimate of drug-likeness (QED) is 0.667. The summed E-state index contributed by atoms with van der Waals surface area (Å²) in [6.45, 7) is 1.73. The van der Waals surface area contributed by atoms with Gasteiger partial charge in [-0.05, 0) is 53.2 Å². The molecule has 0 radical (unpaired) electrons. The number of hydrogen-bond acceptors (Lipinski definition) is 5. The van der Waals surface area contributed by atoms with Crippen LogP contribution in [0.4, 0.5) is 11.4 Å². The van der Waals surface area contributed by atoms with Crippen molar-refractivity contribution in [2.24, 2.45) is 0 Å². The number of pyridine rings is 1. The molecule has 26 heavy (non-hydrogen) atoms. The minimum Gasteiger partial charge on any atom is -0.324 e. The number of benzene rings is 1. The minimum atomic E-state index is -0.485. The maximum atomic E-state index is 12.2. The number of nitrogens with one attached hydrogen (secondary N) is 2. The van der Waals surface area contributed by atoms with Crippen molar-refractivity contribution < 1.29 is 9.59 Å². The number of carbonyl (C=O) groups is 2. The first-order valence-corrected chi connectivity index (χ1v) is 8.49. The van der Waals surface area contributed by atoms with E-state index in [9.17, 15) is 9.59 Å². The van der Waals surface area contributed by atoms with Crippen LogP contribution >= 0.6 is 15.9 Å². The third-order valence-electron chi connectivity index (χ3n) is 3.59. The Morgan fingerprint density at radius 1 is 1.08 bits per heavy atom. The summed E-state index contributed by atoms with van der Waals surface area (Å²) in [5.41, 5.74) is 1.67. The fourth-order valence-corrected chi connectivity index (χ4v) is 2.53. The standard InChI is InChI=1S/C17H15BrN6O2/c1-11(24-10-20-9-21-24)16(25)22-14-2-4-15(5-3-14)23-17(26)12-6-13(18)8-19-7-12/h2-11H,1H3,(H,22,25)(H,23,26). The van der Waals surface area contributed by atoms with E-state index in [2.05, 4.69) is 41.6 Å². The lowest BCUT2D eigenvalue weighted by atomic mass is 10.2. The van der Waals surface area contributed by atoms with Gasteiger partial charge in [-0.15, -0.1) is 0 Å². The topological polar surface area (TPSA) is 102 Å². The van der Waals surface area contributed by atoms with Crippen LogP contribution in [-0.4, -0.2) is 31.6 Å². The molecule has 0 aliphatic carbocycles. The number of rotatable bonds is 5. The molecule has 132 valence electrons. The number of anilines is 2. The monoisotopic (exact) mass is 414 g/mol. The van der Waals surface area contributed by atoms with Crippen molar-refractivity contribution in [1.82, 2.24) is 19.7 Å². The van der Waals surface area contributed by atoms with Gasteiger partial charge in [-0.2, -0.15) is 5.10 Å². The molecule has 0 saturated heterocycles. The Kier molecular flexibility index (Phi) is 5.37. The first-order chi connectivity index (χ1) is 12.5. The van der Waals surface area contributed by atoms with Crippen LogP contribution in [0.2, 0.25) is 0 Å². The van der Waals surface area contributed by atoms with Crippen LogP contribution in [0.5, 0.6) is 0 Å². The highest BCUT2D eigenvalue weighted by Crippen LogP contribution is 2.17. The highest BCUT2D eigenvalue weighted by atomic mass is 79.9. The van der Waals surface area contributed by atoms with E-state index in [1.54, 1.807) is 43.5 Å². The first-order valence-electron chi connectivity index (χ1n) is 7.70. The zero-order valence-electron chi connectivity index (χ0n) is 13.8. The maximum absolute atomic E-state index is 12.2. The summed E-state index contributed by atoms with van der Waals surface area (Å²) < 4.78 is 2.19. The van der Waals surface area contributed by atoms with Crippen molar-refractivity contribution in [2.45, 2.75) is 13.0 Å². The highest BCUT2D eigenvalue weighted by Gasteiger charge is 2.15. The van der Waals surface area contributed by atoms with Crippen LogP contribution in [0.15, 0.2) is 59.9 Å². The van der Waals surface area contributed by atoms with Gasteiger partial charge in [0.1, 0.15) is 18.7 Å². The SMILES string of the molecule is CC(C(=O)Nc1ccc(NC(=O)c2cncc(Br)c2)cc1)n1cncn1. The molecule has 2 N–H and O–H groups in total. The maximum Gasteiger partial charge on any atom is 0.257 e. The number of halogens is 1. The molecule has 0 saturated carbocycles. The summed E-state index contributed by atoms with van der Waals surface area (Å²) in [5, 5.41) is 9.52. The molecular weight excluding hydrogens is 400 g/mol. The summed E-state index contributed by atoms with van der Waals surface area (Å²) >= 11 is 3.28. The summed E-state index contributed by atoms with van der Waals surface area (Å²) in [5.74, 6) is -0.483. The average molecular weight is 415 g/mol. The Bertz CT molecular complexity index is 911. The van der Waals surface area contributed by atoms with Gasteiger partial charge in [-0.1, -0.05) is 0 Å². The zero-order chi connectivity index (χ0) is 18.5. The number of amides is 2. The van der Waals surface area contributed by atoms with Crippen LogP contribution in [0.3, 0.4) is 0 Å². The Hall–Kier alpha value is -3.07. The van der Waals surface area contributed by atoms with Gasteiger partial charge in [-0.25, -0.2) is 9.67 Å². The predicted molar refractivity (Wildman–Crippen MR) is 99.7 cm³/mol. The van der Waals surface area contributed by atoms with Gasteiger partial charge in [-0.3, -0.25) is 14.6 Å².